The van der Waals surface area contributed by atoms with Crippen LogP contribution in [0.3, 0.4) is 0 Å². The van der Waals surface area contributed by atoms with Gasteiger partial charge < -0.3 is 15.4 Å². The lowest BCUT2D eigenvalue weighted by atomic mass is 10.1. The van der Waals surface area contributed by atoms with Crippen molar-refractivity contribution in [2.24, 2.45) is 0 Å². The number of rotatable bonds is 3. The highest BCUT2D eigenvalue weighted by atomic mass is 16.5. The molecule has 2 amide bonds. The SMILES string of the molecule is COc1ccc2cc(C(=O)N[C@@H]3CCNC3=O)cnc2c1. The van der Waals surface area contributed by atoms with Crippen LogP contribution in [0.15, 0.2) is 30.5 Å². The number of pyridine rings is 1. The molecular formula is C15H15N3O3. The molecule has 2 N–H and O–H groups in total. The first kappa shape index (κ1) is 13.4. The maximum absolute atomic E-state index is 12.2. The number of nitrogens with one attached hydrogen (secondary N) is 2. The summed E-state index contributed by atoms with van der Waals surface area (Å²) in [6.45, 7) is 0.597. The predicted octanol–water partition coefficient (Wildman–Crippen LogP) is 0.862. The number of ether oxygens (including phenoxy) is 1. The largest absolute Gasteiger partial charge is 0.497 e. The van der Waals surface area contributed by atoms with Crippen molar-refractivity contribution in [1.29, 1.82) is 0 Å². The Balaban J connectivity index is 1.83. The molecule has 1 aromatic carbocycles. The van der Waals surface area contributed by atoms with E-state index in [4.69, 9.17) is 4.74 Å². The first-order valence-electron chi connectivity index (χ1n) is 6.70. The summed E-state index contributed by atoms with van der Waals surface area (Å²) in [6, 6.07) is 6.77. The zero-order chi connectivity index (χ0) is 14.8. The molecule has 1 aliphatic rings. The lowest BCUT2D eigenvalue weighted by Crippen LogP contribution is -2.40. The summed E-state index contributed by atoms with van der Waals surface area (Å²) in [5.41, 5.74) is 1.19. The van der Waals surface area contributed by atoms with Gasteiger partial charge in [-0.25, -0.2) is 0 Å². The molecule has 6 nitrogen and oxygen atoms in total. The fourth-order valence-electron chi connectivity index (χ4n) is 2.33. The van der Waals surface area contributed by atoms with Gasteiger partial charge in [0.15, 0.2) is 0 Å². The van der Waals surface area contributed by atoms with Crippen LogP contribution in [0.25, 0.3) is 10.9 Å². The number of methoxy groups -OCH3 is 1. The van der Waals surface area contributed by atoms with Crippen LogP contribution in [0, 0.1) is 0 Å². The lowest BCUT2D eigenvalue weighted by Gasteiger charge is -2.10. The molecule has 1 aromatic heterocycles. The number of nitrogens with zero attached hydrogens (tertiary/aromatic N) is 1. The number of carbonyl (C=O) groups excluding carboxylic acids is 2. The third-order valence-electron chi connectivity index (χ3n) is 3.51. The summed E-state index contributed by atoms with van der Waals surface area (Å²) in [4.78, 5) is 27.9. The van der Waals surface area contributed by atoms with Gasteiger partial charge in [0.2, 0.25) is 5.91 Å². The molecule has 2 heterocycles. The van der Waals surface area contributed by atoms with Crippen LogP contribution in [0.2, 0.25) is 0 Å². The van der Waals surface area contributed by atoms with Crippen LogP contribution in [0.1, 0.15) is 16.8 Å². The van der Waals surface area contributed by atoms with Crippen molar-refractivity contribution in [1.82, 2.24) is 15.6 Å². The van der Waals surface area contributed by atoms with Crippen molar-refractivity contribution in [3.05, 3.63) is 36.0 Å². The van der Waals surface area contributed by atoms with Gasteiger partial charge in [0.05, 0.1) is 18.2 Å². The van der Waals surface area contributed by atoms with Crippen molar-refractivity contribution in [2.45, 2.75) is 12.5 Å². The molecular weight excluding hydrogens is 270 g/mol. The van der Waals surface area contributed by atoms with Crippen LogP contribution in [-0.2, 0) is 4.79 Å². The number of benzene rings is 1. The molecule has 0 spiro atoms. The molecule has 1 fully saturated rings. The van der Waals surface area contributed by atoms with E-state index in [-0.39, 0.29) is 11.8 Å². The van der Waals surface area contributed by atoms with Crippen LogP contribution in [-0.4, -0.2) is 36.5 Å². The van der Waals surface area contributed by atoms with Gasteiger partial charge in [-0.3, -0.25) is 14.6 Å². The highest BCUT2D eigenvalue weighted by molar-refractivity contribution is 6.00. The van der Waals surface area contributed by atoms with E-state index in [1.165, 1.54) is 6.20 Å². The van der Waals surface area contributed by atoms with E-state index < -0.39 is 6.04 Å². The Morgan fingerprint density at radius 1 is 1.43 bits per heavy atom. The molecule has 0 aliphatic carbocycles. The number of carbonyl (C=O) groups is 2. The summed E-state index contributed by atoms with van der Waals surface area (Å²) in [7, 11) is 1.59. The molecule has 0 saturated carbocycles. The Morgan fingerprint density at radius 2 is 2.29 bits per heavy atom. The Morgan fingerprint density at radius 3 is 3.00 bits per heavy atom. The number of hydrogen-bond donors (Lipinski definition) is 2. The standard InChI is InChI=1S/C15H15N3O3/c1-21-11-3-2-9-6-10(8-17-13(9)7-11)14(19)18-12-4-5-16-15(12)20/h2-3,6-8,12H,4-5H2,1H3,(H,16,20)(H,18,19)/t12-/m1/s1. The molecule has 1 aliphatic heterocycles. The maximum Gasteiger partial charge on any atom is 0.253 e. The van der Waals surface area contributed by atoms with Gasteiger partial charge in [-0.2, -0.15) is 0 Å². The second-order valence-corrected chi connectivity index (χ2v) is 4.89. The lowest BCUT2D eigenvalue weighted by molar-refractivity contribution is -0.120. The Kier molecular flexibility index (Phi) is 3.43. The Labute approximate surface area is 121 Å². The first-order valence-corrected chi connectivity index (χ1v) is 6.70. The van der Waals surface area contributed by atoms with Gasteiger partial charge in [0.1, 0.15) is 11.8 Å². The van der Waals surface area contributed by atoms with Gasteiger partial charge >= 0.3 is 0 Å². The van der Waals surface area contributed by atoms with E-state index >= 15 is 0 Å². The Hall–Kier alpha value is -2.63. The average Bonchev–Trinajstić information content (AvgIpc) is 2.91. The molecule has 2 aromatic rings. The normalized spacial score (nSPS) is 17.6. The summed E-state index contributed by atoms with van der Waals surface area (Å²) < 4.78 is 5.14. The first-order chi connectivity index (χ1) is 10.2. The van der Waals surface area contributed by atoms with Gasteiger partial charge in [-0.05, 0) is 24.6 Å². The van der Waals surface area contributed by atoms with E-state index in [9.17, 15) is 9.59 Å². The van der Waals surface area contributed by atoms with E-state index in [0.29, 0.717) is 18.5 Å². The molecule has 6 heteroatoms. The molecule has 3 rings (SSSR count). The van der Waals surface area contributed by atoms with Crippen molar-refractivity contribution >= 4 is 22.7 Å². The van der Waals surface area contributed by atoms with E-state index in [1.54, 1.807) is 19.2 Å². The molecule has 0 bridgehead atoms. The van der Waals surface area contributed by atoms with Crippen LogP contribution >= 0.6 is 0 Å². The van der Waals surface area contributed by atoms with Gasteiger partial charge in [0.25, 0.3) is 5.91 Å². The zero-order valence-electron chi connectivity index (χ0n) is 11.6. The Bertz CT molecular complexity index is 714. The summed E-state index contributed by atoms with van der Waals surface area (Å²) in [5.74, 6) is 0.291. The van der Waals surface area contributed by atoms with Gasteiger partial charge in [0, 0.05) is 24.2 Å². The smallest absolute Gasteiger partial charge is 0.253 e. The summed E-state index contributed by atoms with van der Waals surface area (Å²) in [5, 5.41) is 6.25. The van der Waals surface area contributed by atoms with Crippen LogP contribution in [0.5, 0.6) is 5.75 Å². The van der Waals surface area contributed by atoms with Crippen molar-refractivity contribution in [2.75, 3.05) is 13.7 Å². The van der Waals surface area contributed by atoms with E-state index in [2.05, 4.69) is 15.6 Å². The number of fused-ring (bicyclic) bond motifs is 1. The van der Waals surface area contributed by atoms with Crippen molar-refractivity contribution in [3.63, 3.8) is 0 Å². The van der Waals surface area contributed by atoms with Crippen LogP contribution in [0.4, 0.5) is 0 Å². The number of amides is 2. The molecule has 108 valence electrons. The van der Waals surface area contributed by atoms with Gasteiger partial charge in [-0.1, -0.05) is 0 Å². The third kappa shape index (κ3) is 2.65. The third-order valence-corrected chi connectivity index (χ3v) is 3.51. The van der Waals surface area contributed by atoms with Gasteiger partial charge in [-0.15, -0.1) is 0 Å². The molecule has 1 saturated heterocycles. The summed E-state index contributed by atoms with van der Waals surface area (Å²) >= 11 is 0. The minimum absolute atomic E-state index is 0.137. The monoisotopic (exact) mass is 285 g/mol. The maximum atomic E-state index is 12.2. The molecule has 0 unspecified atom stereocenters. The molecule has 1 atom stereocenters. The predicted molar refractivity (Wildman–Crippen MR) is 77.2 cm³/mol. The van der Waals surface area contributed by atoms with E-state index in [0.717, 1.165) is 16.7 Å². The second-order valence-electron chi connectivity index (χ2n) is 4.89. The topological polar surface area (TPSA) is 80.3 Å². The molecule has 0 radical (unpaired) electrons. The quantitative estimate of drug-likeness (QED) is 0.876. The van der Waals surface area contributed by atoms with Crippen LogP contribution < -0.4 is 15.4 Å². The minimum Gasteiger partial charge on any atom is -0.497 e. The average molecular weight is 285 g/mol. The minimum atomic E-state index is -0.455. The zero-order valence-corrected chi connectivity index (χ0v) is 11.6. The van der Waals surface area contributed by atoms with Crippen molar-refractivity contribution in [3.8, 4) is 5.75 Å². The second kappa shape index (κ2) is 5.40. The van der Waals surface area contributed by atoms with E-state index in [1.807, 2.05) is 12.1 Å². The van der Waals surface area contributed by atoms with Crippen molar-refractivity contribution < 1.29 is 14.3 Å². The highest BCUT2D eigenvalue weighted by Crippen LogP contribution is 2.19. The fraction of sp³-hybridized carbons (Fsp3) is 0.267. The molecule has 21 heavy (non-hydrogen) atoms. The summed E-state index contributed by atoms with van der Waals surface area (Å²) in [6.07, 6.45) is 2.12. The fourth-order valence-corrected chi connectivity index (χ4v) is 2.33. The highest BCUT2D eigenvalue weighted by Gasteiger charge is 2.26. The number of aromatic nitrogens is 1. The number of hydrogen-bond acceptors (Lipinski definition) is 4.